The fourth-order valence-corrected chi connectivity index (χ4v) is 2.03. The zero-order valence-corrected chi connectivity index (χ0v) is 15.1. The van der Waals surface area contributed by atoms with Crippen molar-refractivity contribution in [2.45, 2.75) is 13.1 Å². The quantitative estimate of drug-likeness (QED) is 0.257. The molecule has 9 heteroatoms. The molecule has 0 saturated heterocycles. The van der Waals surface area contributed by atoms with E-state index in [9.17, 15) is 10.1 Å². The topological polar surface area (TPSA) is 96.8 Å². The molecule has 1 N–H and O–H groups in total. The molecule has 0 amide bonds. The van der Waals surface area contributed by atoms with E-state index in [0.29, 0.717) is 24.6 Å². The maximum atomic E-state index is 11.0. The second-order valence-electron chi connectivity index (χ2n) is 4.63. The molecule has 2 rings (SSSR count). The highest BCUT2D eigenvalue weighted by Crippen LogP contribution is 2.17. The van der Waals surface area contributed by atoms with Crippen LogP contribution in [-0.2, 0) is 13.1 Å². The zero-order valence-electron chi connectivity index (χ0n) is 12.8. The number of benzene rings is 1. The monoisotopic (exact) mass is 431 g/mol. The van der Waals surface area contributed by atoms with E-state index in [-0.39, 0.29) is 34.6 Å². The Labute approximate surface area is 150 Å². The van der Waals surface area contributed by atoms with Gasteiger partial charge in [-0.2, -0.15) is 0 Å². The Morgan fingerprint density at radius 3 is 2.78 bits per heavy atom. The minimum Gasteiger partial charge on any atom is -0.364 e. The van der Waals surface area contributed by atoms with Gasteiger partial charge in [0.05, 0.1) is 11.5 Å². The first-order valence-corrected chi connectivity index (χ1v) is 6.65. The van der Waals surface area contributed by atoms with Crippen LogP contribution in [0.1, 0.15) is 11.3 Å². The van der Waals surface area contributed by atoms with Gasteiger partial charge in [-0.3, -0.25) is 15.1 Å². The van der Waals surface area contributed by atoms with Crippen molar-refractivity contribution in [2.75, 3.05) is 14.1 Å². The fraction of sp³-hybridized carbons (Fsp3) is 0.286. The lowest BCUT2D eigenvalue weighted by atomic mass is 10.2. The summed E-state index contributed by atoms with van der Waals surface area (Å²) in [7, 11) is 3.50. The van der Waals surface area contributed by atoms with Crippen molar-refractivity contribution in [3.63, 3.8) is 0 Å². The molecular weight excluding hydrogens is 413 g/mol. The minimum atomic E-state index is -0.390. The van der Waals surface area contributed by atoms with Gasteiger partial charge in [-0.05, 0) is 0 Å². The smallest absolute Gasteiger partial charge is 0.274 e. The Morgan fingerprint density at radius 1 is 1.43 bits per heavy atom. The second kappa shape index (κ2) is 9.08. The maximum absolute atomic E-state index is 11.0. The summed E-state index contributed by atoms with van der Waals surface area (Å²) in [6.45, 7) is 0.833. The number of hydrogen-bond donors (Lipinski definition) is 1. The molecule has 0 bridgehead atoms. The SMILES string of the molecule is CN=C(NCc1ccccc1[N+](=O)[O-])N(C)Cc1ccon1.I. The Morgan fingerprint density at radius 2 is 2.17 bits per heavy atom. The lowest BCUT2D eigenvalue weighted by Crippen LogP contribution is -2.38. The van der Waals surface area contributed by atoms with Gasteiger partial charge in [0.15, 0.2) is 5.96 Å². The van der Waals surface area contributed by atoms with Gasteiger partial charge in [0.2, 0.25) is 0 Å². The van der Waals surface area contributed by atoms with Crippen molar-refractivity contribution in [3.8, 4) is 0 Å². The number of rotatable bonds is 5. The molecule has 0 aliphatic heterocycles. The molecule has 0 saturated carbocycles. The van der Waals surface area contributed by atoms with Gasteiger partial charge in [-0.25, -0.2) is 0 Å². The average Bonchev–Trinajstić information content (AvgIpc) is 3.01. The maximum Gasteiger partial charge on any atom is 0.274 e. The van der Waals surface area contributed by atoms with Crippen molar-refractivity contribution in [1.82, 2.24) is 15.4 Å². The Hall–Kier alpha value is -2.17. The van der Waals surface area contributed by atoms with Gasteiger partial charge in [0.25, 0.3) is 5.69 Å². The van der Waals surface area contributed by atoms with E-state index in [1.54, 1.807) is 31.3 Å². The van der Waals surface area contributed by atoms with Crippen molar-refractivity contribution in [1.29, 1.82) is 0 Å². The van der Waals surface area contributed by atoms with Crippen molar-refractivity contribution < 1.29 is 9.45 Å². The Balaban J connectivity index is 0.00000264. The fourth-order valence-electron chi connectivity index (χ4n) is 2.03. The molecule has 0 spiro atoms. The second-order valence-corrected chi connectivity index (χ2v) is 4.63. The van der Waals surface area contributed by atoms with Gasteiger partial charge < -0.3 is 14.7 Å². The van der Waals surface area contributed by atoms with Crippen molar-refractivity contribution >= 4 is 35.6 Å². The molecule has 1 heterocycles. The van der Waals surface area contributed by atoms with E-state index in [0.717, 1.165) is 5.69 Å². The first kappa shape index (κ1) is 18.9. The molecule has 1 aromatic carbocycles. The van der Waals surface area contributed by atoms with Crippen LogP contribution < -0.4 is 5.32 Å². The van der Waals surface area contributed by atoms with Gasteiger partial charge in [0.1, 0.15) is 12.0 Å². The van der Waals surface area contributed by atoms with E-state index < -0.39 is 0 Å². The van der Waals surface area contributed by atoms with Gasteiger partial charge >= 0.3 is 0 Å². The predicted molar refractivity (Wildman–Crippen MR) is 96.7 cm³/mol. The standard InChI is InChI=1S/C14H17N5O3.HI/c1-15-14(18(2)10-12-7-8-22-17-12)16-9-11-5-3-4-6-13(11)19(20)21;/h3-8H,9-10H2,1-2H3,(H,15,16);1H. The van der Waals surface area contributed by atoms with E-state index in [4.69, 9.17) is 4.52 Å². The number of para-hydroxylation sites is 1. The molecule has 0 radical (unpaired) electrons. The number of hydrogen-bond acceptors (Lipinski definition) is 5. The Kier molecular flexibility index (Phi) is 7.45. The summed E-state index contributed by atoms with van der Waals surface area (Å²) in [6, 6.07) is 8.39. The van der Waals surface area contributed by atoms with Gasteiger partial charge in [0, 0.05) is 38.3 Å². The molecule has 0 aliphatic rings. The van der Waals surface area contributed by atoms with Crippen LogP contribution in [0.5, 0.6) is 0 Å². The first-order valence-electron chi connectivity index (χ1n) is 6.65. The van der Waals surface area contributed by atoms with Crippen molar-refractivity contribution in [3.05, 3.63) is 58.0 Å². The molecule has 2 aromatic rings. The van der Waals surface area contributed by atoms with Crippen molar-refractivity contribution in [2.24, 2.45) is 4.99 Å². The van der Waals surface area contributed by atoms with Gasteiger partial charge in [-0.1, -0.05) is 23.4 Å². The summed E-state index contributed by atoms with van der Waals surface area (Å²) in [6.07, 6.45) is 1.51. The molecule has 124 valence electrons. The molecule has 0 aliphatic carbocycles. The molecule has 1 aromatic heterocycles. The third-order valence-electron chi connectivity index (χ3n) is 3.09. The summed E-state index contributed by atoms with van der Waals surface area (Å²) in [4.78, 5) is 16.6. The number of nitro benzene ring substituents is 1. The van der Waals surface area contributed by atoms with Crippen LogP contribution in [0.3, 0.4) is 0 Å². The summed E-state index contributed by atoms with van der Waals surface area (Å²) < 4.78 is 4.79. The zero-order chi connectivity index (χ0) is 15.9. The summed E-state index contributed by atoms with van der Waals surface area (Å²) >= 11 is 0. The average molecular weight is 431 g/mol. The number of aliphatic imine (C=N–C) groups is 1. The summed E-state index contributed by atoms with van der Waals surface area (Å²) in [5.74, 6) is 0.612. The van der Waals surface area contributed by atoms with Crippen LogP contribution in [0.15, 0.2) is 46.1 Å². The molecule has 0 unspecified atom stereocenters. The lowest BCUT2D eigenvalue weighted by Gasteiger charge is -2.20. The molecule has 8 nitrogen and oxygen atoms in total. The number of guanidine groups is 1. The third-order valence-corrected chi connectivity index (χ3v) is 3.09. The van der Waals surface area contributed by atoms with Crippen LogP contribution >= 0.6 is 24.0 Å². The number of aromatic nitrogens is 1. The third kappa shape index (κ3) is 5.20. The molecule has 23 heavy (non-hydrogen) atoms. The van der Waals surface area contributed by atoms with E-state index in [1.165, 1.54) is 12.3 Å². The molecular formula is C14H18IN5O3. The summed E-state index contributed by atoms with van der Waals surface area (Å²) in [5.41, 5.74) is 1.46. The van der Waals surface area contributed by atoms with Crippen LogP contribution in [0.25, 0.3) is 0 Å². The summed E-state index contributed by atoms with van der Waals surface area (Å²) in [5, 5.41) is 17.9. The number of halogens is 1. The largest absolute Gasteiger partial charge is 0.364 e. The highest BCUT2D eigenvalue weighted by molar-refractivity contribution is 14.0. The first-order chi connectivity index (χ1) is 10.6. The van der Waals surface area contributed by atoms with E-state index in [2.05, 4.69) is 15.5 Å². The van der Waals surface area contributed by atoms with Crippen LogP contribution in [0, 0.1) is 10.1 Å². The minimum absolute atomic E-state index is 0. The van der Waals surface area contributed by atoms with Crippen LogP contribution in [0.2, 0.25) is 0 Å². The lowest BCUT2D eigenvalue weighted by molar-refractivity contribution is -0.385. The number of nitro groups is 1. The highest BCUT2D eigenvalue weighted by atomic mass is 127. The predicted octanol–water partition coefficient (Wildman–Crippen LogP) is 2.41. The van der Waals surface area contributed by atoms with Crippen LogP contribution in [-0.4, -0.2) is 35.0 Å². The normalized spacial score (nSPS) is 10.8. The number of nitrogens with zero attached hydrogens (tertiary/aromatic N) is 4. The van der Waals surface area contributed by atoms with E-state index >= 15 is 0 Å². The Bertz CT molecular complexity index is 660. The molecule has 0 fully saturated rings. The molecule has 0 atom stereocenters. The van der Waals surface area contributed by atoms with E-state index in [1.807, 2.05) is 11.9 Å². The van der Waals surface area contributed by atoms with Crippen LogP contribution in [0.4, 0.5) is 5.69 Å². The van der Waals surface area contributed by atoms with Gasteiger partial charge in [-0.15, -0.1) is 24.0 Å². The highest BCUT2D eigenvalue weighted by Gasteiger charge is 2.14. The number of nitrogens with one attached hydrogen (secondary N) is 1.